The zero-order valence-electron chi connectivity index (χ0n) is 9.56. The molecular weight excluding hydrogens is 218 g/mol. The van der Waals surface area contributed by atoms with E-state index in [0.717, 1.165) is 11.4 Å². The van der Waals surface area contributed by atoms with E-state index in [1.165, 1.54) is 0 Å². The highest BCUT2D eigenvalue weighted by atomic mass is 16.5. The molecule has 3 rings (SSSR count). The number of anilines is 1. The van der Waals surface area contributed by atoms with Crippen LogP contribution in [0, 0.1) is 0 Å². The molecule has 0 radical (unpaired) electrons. The second kappa shape index (κ2) is 3.38. The van der Waals surface area contributed by atoms with Crippen molar-refractivity contribution in [3.05, 3.63) is 47.6 Å². The van der Waals surface area contributed by atoms with Gasteiger partial charge < -0.3 is 14.4 Å². The molecule has 0 unspecified atom stereocenters. The Balaban J connectivity index is 2.10. The van der Waals surface area contributed by atoms with E-state index in [1.807, 2.05) is 36.2 Å². The molecule has 2 heterocycles. The van der Waals surface area contributed by atoms with Crippen molar-refractivity contribution < 1.29 is 14.3 Å². The number of hydrogen-bond donors (Lipinski definition) is 0. The van der Waals surface area contributed by atoms with Crippen LogP contribution in [0.25, 0.3) is 0 Å². The first-order chi connectivity index (χ1) is 8.16. The quantitative estimate of drug-likeness (QED) is 0.505. The van der Waals surface area contributed by atoms with Gasteiger partial charge in [0.25, 0.3) is 0 Å². The van der Waals surface area contributed by atoms with Crippen LogP contribution in [0.3, 0.4) is 0 Å². The zero-order chi connectivity index (χ0) is 12.0. The van der Waals surface area contributed by atoms with Crippen molar-refractivity contribution in [3.8, 4) is 5.75 Å². The van der Waals surface area contributed by atoms with Gasteiger partial charge in [0, 0.05) is 7.05 Å². The summed E-state index contributed by atoms with van der Waals surface area (Å²) in [5, 5.41) is 0. The van der Waals surface area contributed by atoms with E-state index in [2.05, 4.69) is 0 Å². The first kappa shape index (κ1) is 9.96. The van der Waals surface area contributed by atoms with Gasteiger partial charge in [-0.25, -0.2) is 4.79 Å². The number of allylic oxidation sites excluding steroid dienone is 1. The van der Waals surface area contributed by atoms with Crippen LogP contribution in [0.4, 0.5) is 5.69 Å². The van der Waals surface area contributed by atoms with Crippen LogP contribution in [0.1, 0.15) is 6.92 Å². The molecule has 4 nitrogen and oxygen atoms in total. The average Bonchev–Trinajstić information content (AvgIpc) is 2.80. The minimum absolute atomic E-state index is 0.364. The molecule has 0 spiro atoms. The minimum atomic E-state index is -0.364. The maximum atomic E-state index is 11.6. The van der Waals surface area contributed by atoms with Gasteiger partial charge in [0.1, 0.15) is 11.3 Å². The Bertz CT molecular complexity index is 572. The lowest BCUT2D eigenvalue weighted by Crippen LogP contribution is -2.17. The van der Waals surface area contributed by atoms with Crippen LogP contribution in [0.15, 0.2) is 47.6 Å². The largest absolute Gasteiger partial charge is 0.438 e. The van der Waals surface area contributed by atoms with E-state index in [0.29, 0.717) is 17.2 Å². The third-order valence-electron chi connectivity index (χ3n) is 2.79. The summed E-state index contributed by atoms with van der Waals surface area (Å²) >= 11 is 0. The third-order valence-corrected chi connectivity index (χ3v) is 2.79. The highest BCUT2D eigenvalue weighted by Gasteiger charge is 2.31. The summed E-state index contributed by atoms with van der Waals surface area (Å²) < 4.78 is 10.7. The second-order valence-electron chi connectivity index (χ2n) is 3.99. The number of carbonyl (C=O) groups excluding carboxylic acids is 1. The van der Waals surface area contributed by atoms with E-state index < -0.39 is 0 Å². The molecule has 17 heavy (non-hydrogen) atoms. The van der Waals surface area contributed by atoms with Crippen molar-refractivity contribution in [2.24, 2.45) is 0 Å². The number of carbonyl (C=O) groups is 1. The second-order valence-corrected chi connectivity index (χ2v) is 3.99. The standard InChI is InChI=1S/C13H11NO3/c1-8-7-9(13(15)16-8)12-14(2)10-5-3-4-6-11(10)17-12/h3-7H,1-2H3/b12-9-. The fourth-order valence-electron chi connectivity index (χ4n) is 1.98. The lowest BCUT2D eigenvalue weighted by Gasteiger charge is -2.11. The molecule has 0 aromatic heterocycles. The summed E-state index contributed by atoms with van der Waals surface area (Å²) in [6, 6.07) is 7.64. The van der Waals surface area contributed by atoms with Gasteiger partial charge in [-0.05, 0) is 25.1 Å². The number of nitrogens with zero attached hydrogens (tertiary/aromatic N) is 1. The number of ether oxygens (including phenoxy) is 2. The van der Waals surface area contributed by atoms with E-state index in [4.69, 9.17) is 9.47 Å². The Morgan fingerprint density at radius 1 is 1.18 bits per heavy atom. The third kappa shape index (κ3) is 1.41. The van der Waals surface area contributed by atoms with Gasteiger partial charge in [0.05, 0.1) is 5.69 Å². The van der Waals surface area contributed by atoms with Crippen molar-refractivity contribution in [1.29, 1.82) is 0 Å². The Kier molecular flexibility index (Phi) is 1.98. The van der Waals surface area contributed by atoms with Gasteiger partial charge in [-0.15, -0.1) is 0 Å². The summed E-state index contributed by atoms with van der Waals surface area (Å²) in [5.41, 5.74) is 1.40. The predicted octanol–water partition coefficient (Wildman–Crippen LogP) is 2.19. The number of cyclic esters (lactones) is 1. The number of para-hydroxylation sites is 2. The van der Waals surface area contributed by atoms with Gasteiger partial charge in [-0.1, -0.05) is 12.1 Å². The van der Waals surface area contributed by atoms with Crippen molar-refractivity contribution in [3.63, 3.8) is 0 Å². The number of benzene rings is 1. The molecule has 0 amide bonds. The highest BCUT2D eigenvalue weighted by molar-refractivity contribution is 5.96. The molecule has 2 aliphatic rings. The number of fused-ring (bicyclic) bond motifs is 1. The minimum Gasteiger partial charge on any atom is -0.438 e. The molecule has 0 fully saturated rings. The average molecular weight is 229 g/mol. The molecule has 0 saturated carbocycles. The summed E-state index contributed by atoms with van der Waals surface area (Å²) in [5.74, 6) is 1.50. The first-order valence-electron chi connectivity index (χ1n) is 5.32. The first-order valence-corrected chi connectivity index (χ1v) is 5.32. The SMILES string of the molecule is CC1=C/C(=C2/Oc3ccccc3N2C)C(=O)O1. The summed E-state index contributed by atoms with van der Waals surface area (Å²) in [7, 11) is 1.86. The molecule has 1 aromatic carbocycles. The van der Waals surface area contributed by atoms with E-state index >= 15 is 0 Å². The fourth-order valence-corrected chi connectivity index (χ4v) is 1.98. The Labute approximate surface area is 98.7 Å². The van der Waals surface area contributed by atoms with Crippen LogP contribution < -0.4 is 9.64 Å². The lowest BCUT2D eigenvalue weighted by atomic mass is 10.2. The normalized spacial score (nSPS) is 22.1. The molecule has 0 bridgehead atoms. The van der Waals surface area contributed by atoms with E-state index in [-0.39, 0.29) is 5.97 Å². The summed E-state index contributed by atoms with van der Waals surface area (Å²) in [6.45, 7) is 1.74. The molecule has 0 atom stereocenters. The molecule has 4 heteroatoms. The maximum absolute atomic E-state index is 11.6. The molecule has 0 N–H and O–H groups in total. The van der Waals surface area contributed by atoms with Crippen molar-refractivity contribution in [1.82, 2.24) is 0 Å². The Morgan fingerprint density at radius 2 is 1.94 bits per heavy atom. The van der Waals surface area contributed by atoms with Crippen LogP contribution in [-0.2, 0) is 9.53 Å². The van der Waals surface area contributed by atoms with Gasteiger partial charge in [-0.3, -0.25) is 0 Å². The highest BCUT2D eigenvalue weighted by Crippen LogP contribution is 2.39. The van der Waals surface area contributed by atoms with Crippen molar-refractivity contribution in [2.45, 2.75) is 6.92 Å². The van der Waals surface area contributed by atoms with Crippen LogP contribution >= 0.6 is 0 Å². The van der Waals surface area contributed by atoms with Gasteiger partial charge in [0.2, 0.25) is 5.88 Å². The van der Waals surface area contributed by atoms with E-state index in [9.17, 15) is 4.79 Å². The summed E-state index contributed by atoms with van der Waals surface area (Å²) in [4.78, 5) is 13.5. The predicted molar refractivity (Wildman–Crippen MR) is 62.3 cm³/mol. The van der Waals surface area contributed by atoms with Crippen molar-refractivity contribution in [2.75, 3.05) is 11.9 Å². The lowest BCUT2D eigenvalue weighted by molar-refractivity contribution is -0.133. The van der Waals surface area contributed by atoms with Crippen molar-refractivity contribution >= 4 is 11.7 Å². The smallest absolute Gasteiger partial charge is 0.348 e. The molecule has 0 aliphatic carbocycles. The Hall–Kier alpha value is -2.23. The number of esters is 1. The maximum Gasteiger partial charge on any atom is 0.348 e. The van der Waals surface area contributed by atoms with Crippen LogP contribution in [-0.4, -0.2) is 13.0 Å². The van der Waals surface area contributed by atoms with Crippen LogP contribution in [0.2, 0.25) is 0 Å². The van der Waals surface area contributed by atoms with Crippen LogP contribution in [0.5, 0.6) is 5.75 Å². The molecular formula is C13H11NO3. The van der Waals surface area contributed by atoms with Gasteiger partial charge >= 0.3 is 5.97 Å². The molecule has 0 saturated heterocycles. The molecule has 2 aliphatic heterocycles. The fraction of sp³-hybridized carbons (Fsp3) is 0.154. The summed E-state index contributed by atoms with van der Waals surface area (Å²) in [6.07, 6.45) is 1.69. The topological polar surface area (TPSA) is 38.8 Å². The van der Waals surface area contributed by atoms with Gasteiger partial charge in [-0.2, -0.15) is 0 Å². The molecule has 1 aromatic rings. The Morgan fingerprint density at radius 3 is 2.59 bits per heavy atom. The zero-order valence-corrected chi connectivity index (χ0v) is 9.56. The van der Waals surface area contributed by atoms with Gasteiger partial charge in [0.15, 0.2) is 5.75 Å². The molecule has 86 valence electrons. The monoisotopic (exact) mass is 229 g/mol. The van der Waals surface area contributed by atoms with E-state index in [1.54, 1.807) is 13.0 Å². The number of hydrogen-bond acceptors (Lipinski definition) is 4. The number of rotatable bonds is 0.